The average Bonchev–Trinajstić information content (AvgIpc) is 2.91. The molecule has 0 atom stereocenters. The molecule has 3 aromatic heterocycles. The Morgan fingerprint density at radius 1 is 1.00 bits per heavy atom. The van der Waals surface area contributed by atoms with Crippen molar-refractivity contribution in [3.63, 3.8) is 0 Å². The summed E-state index contributed by atoms with van der Waals surface area (Å²) in [4.78, 5) is 16.3. The lowest BCUT2D eigenvalue weighted by atomic mass is 10.1. The predicted molar refractivity (Wildman–Crippen MR) is 79.0 cm³/mol. The van der Waals surface area contributed by atoms with Crippen LogP contribution in [0.2, 0.25) is 0 Å². The Labute approximate surface area is 114 Å². The number of pyridine rings is 2. The molecular formula is C15H11N5. The van der Waals surface area contributed by atoms with Crippen molar-refractivity contribution < 1.29 is 0 Å². The second-order valence-corrected chi connectivity index (χ2v) is 4.58. The number of rotatable bonds is 1. The normalized spacial score (nSPS) is 11.2. The van der Waals surface area contributed by atoms with Gasteiger partial charge in [0.1, 0.15) is 5.82 Å². The number of anilines is 1. The molecule has 0 aliphatic heterocycles. The van der Waals surface area contributed by atoms with Crippen LogP contribution < -0.4 is 5.73 Å². The van der Waals surface area contributed by atoms with Crippen molar-refractivity contribution in [2.45, 2.75) is 0 Å². The molecule has 0 saturated carbocycles. The van der Waals surface area contributed by atoms with E-state index in [0.717, 1.165) is 33.3 Å². The number of benzene rings is 1. The monoisotopic (exact) mass is 261 g/mol. The van der Waals surface area contributed by atoms with Crippen LogP contribution >= 0.6 is 0 Å². The molecule has 4 rings (SSSR count). The number of nitrogens with two attached hydrogens (primary N) is 1. The Morgan fingerprint density at radius 2 is 1.90 bits per heavy atom. The van der Waals surface area contributed by atoms with E-state index in [1.54, 1.807) is 18.6 Å². The number of fused-ring (bicyclic) bond motifs is 2. The highest BCUT2D eigenvalue weighted by Gasteiger charge is 2.11. The number of para-hydroxylation sites is 2. The maximum Gasteiger partial charge on any atom is 0.142 e. The lowest BCUT2D eigenvalue weighted by molar-refractivity contribution is 1.28. The second-order valence-electron chi connectivity index (χ2n) is 4.58. The summed E-state index contributed by atoms with van der Waals surface area (Å²) in [6, 6.07) is 9.74. The van der Waals surface area contributed by atoms with E-state index >= 15 is 0 Å². The minimum atomic E-state index is 0.663. The van der Waals surface area contributed by atoms with Crippen molar-refractivity contribution in [1.29, 1.82) is 0 Å². The van der Waals surface area contributed by atoms with E-state index in [-0.39, 0.29) is 0 Å². The smallest absolute Gasteiger partial charge is 0.142 e. The Bertz CT molecular complexity index is 893. The van der Waals surface area contributed by atoms with E-state index in [2.05, 4.69) is 19.9 Å². The van der Waals surface area contributed by atoms with Gasteiger partial charge in [-0.2, -0.15) is 0 Å². The molecule has 0 unspecified atom stereocenters. The maximum atomic E-state index is 6.25. The van der Waals surface area contributed by atoms with Crippen LogP contribution in [0.5, 0.6) is 0 Å². The predicted octanol–water partition coefficient (Wildman–Crippen LogP) is 2.76. The van der Waals surface area contributed by atoms with Crippen LogP contribution in [0.25, 0.3) is 33.3 Å². The van der Waals surface area contributed by atoms with Gasteiger partial charge in [-0.15, -0.1) is 0 Å². The molecule has 0 bridgehead atoms. The Morgan fingerprint density at radius 3 is 2.80 bits per heavy atom. The molecule has 3 N–H and O–H groups in total. The molecule has 20 heavy (non-hydrogen) atoms. The highest BCUT2D eigenvalue weighted by Crippen LogP contribution is 2.30. The molecule has 5 heteroatoms. The van der Waals surface area contributed by atoms with Crippen LogP contribution in [0.4, 0.5) is 5.69 Å². The first-order chi connectivity index (χ1) is 9.83. The molecule has 0 amide bonds. The number of nitrogens with zero attached hydrogens (tertiary/aromatic N) is 3. The summed E-state index contributed by atoms with van der Waals surface area (Å²) in [6.45, 7) is 0. The summed E-state index contributed by atoms with van der Waals surface area (Å²) in [6.07, 6.45) is 5.15. The van der Waals surface area contributed by atoms with E-state index in [4.69, 9.17) is 5.73 Å². The van der Waals surface area contributed by atoms with Crippen molar-refractivity contribution in [2.24, 2.45) is 0 Å². The average molecular weight is 261 g/mol. The molecule has 0 fully saturated rings. The van der Waals surface area contributed by atoms with Gasteiger partial charge in [-0.25, -0.2) is 4.98 Å². The first kappa shape index (κ1) is 10.9. The molecule has 0 saturated heterocycles. The quantitative estimate of drug-likeness (QED) is 0.552. The third-order valence-electron chi connectivity index (χ3n) is 3.36. The summed E-state index contributed by atoms with van der Waals surface area (Å²) in [7, 11) is 0. The number of hydrogen-bond acceptors (Lipinski definition) is 4. The summed E-state index contributed by atoms with van der Waals surface area (Å²) in [5.41, 5.74) is 10.4. The number of aromatic nitrogens is 4. The largest absolute Gasteiger partial charge is 0.398 e. The highest BCUT2D eigenvalue weighted by molar-refractivity contribution is 5.97. The van der Waals surface area contributed by atoms with Gasteiger partial charge in [-0.05, 0) is 18.2 Å². The molecule has 0 spiro atoms. The van der Waals surface area contributed by atoms with Crippen LogP contribution in [0.15, 0.2) is 48.9 Å². The second kappa shape index (κ2) is 4.03. The lowest BCUT2D eigenvalue weighted by Crippen LogP contribution is -1.95. The Balaban J connectivity index is 1.99. The number of nitrogens with one attached hydrogen (secondary N) is 1. The van der Waals surface area contributed by atoms with Gasteiger partial charge in [-0.1, -0.05) is 12.1 Å². The molecule has 3 heterocycles. The molecule has 5 nitrogen and oxygen atoms in total. The SMILES string of the molecule is Nc1c(-c2nc3ccccc3[nH]2)cnc2cnccc12. The van der Waals surface area contributed by atoms with Crippen LogP contribution in [0.1, 0.15) is 0 Å². The maximum absolute atomic E-state index is 6.25. The lowest BCUT2D eigenvalue weighted by Gasteiger charge is -2.05. The zero-order chi connectivity index (χ0) is 13.5. The molecule has 0 radical (unpaired) electrons. The van der Waals surface area contributed by atoms with Gasteiger partial charge in [0.15, 0.2) is 0 Å². The van der Waals surface area contributed by atoms with Crippen LogP contribution in [-0.2, 0) is 0 Å². The standard InChI is InChI=1S/C15H11N5/c16-14-9-5-6-17-8-13(9)18-7-10(14)15-19-11-3-1-2-4-12(11)20-15/h1-8H,(H2,16,18)(H,19,20). The number of nitrogen functional groups attached to an aromatic ring is 1. The van der Waals surface area contributed by atoms with Crippen molar-refractivity contribution in [1.82, 2.24) is 19.9 Å². The first-order valence-corrected chi connectivity index (χ1v) is 6.26. The molecule has 0 aliphatic rings. The fourth-order valence-electron chi connectivity index (χ4n) is 2.33. The van der Waals surface area contributed by atoms with E-state index in [0.29, 0.717) is 5.69 Å². The summed E-state index contributed by atoms with van der Waals surface area (Å²) in [5, 5.41) is 0.887. The topological polar surface area (TPSA) is 80.5 Å². The van der Waals surface area contributed by atoms with Gasteiger partial charge in [-0.3, -0.25) is 9.97 Å². The van der Waals surface area contributed by atoms with Crippen molar-refractivity contribution in [3.8, 4) is 11.4 Å². The van der Waals surface area contributed by atoms with Crippen molar-refractivity contribution in [3.05, 3.63) is 48.9 Å². The van der Waals surface area contributed by atoms with E-state index < -0.39 is 0 Å². The summed E-state index contributed by atoms with van der Waals surface area (Å²) < 4.78 is 0. The number of aromatic amines is 1. The molecular weight excluding hydrogens is 250 g/mol. The van der Waals surface area contributed by atoms with Gasteiger partial charge >= 0.3 is 0 Å². The van der Waals surface area contributed by atoms with Gasteiger partial charge in [0.25, 0.3) is 0 Å². The zero-order valence-electron chi connectivity index (χ0n) is 10.5. The molecule has 1 aromatic carbocycles. The van der Waals surface area contributed by atoms with Crippen LogP contribution in [-0.4, -0.2) is 19.9 Å². The number of H-pyrrole nitrogens is 1. The zero-order valence-corrected chi connectivity index (χ0v) is 10.5. The van der Waals surface area contributed by atoms with Crippen molar-refractivity contribution >= 4 is 27.6 Å². The van der Waals surface area contributed by atoms with Crippen molar-refractivity contribution in [2.75, 3.05) is 5.73 Å². The van der Waals surface area contributed by atoms with Gasteiger partial charge in [0, 0.05) is 17.8 Å². The van der Waals surface area contributed by atoms with Gasteiger partial charge < -0.3 is 10.7 Å². The van der Waals surface area contributed by atoms with Crippen LogP contribution in [0, 0.1) is 0 Å². The van der Waals surface area contributed by atoms with Gasteiger partial charge in [0.05, 0.1) is 34.0 Å². The summed E-state index contributed by atoms with van der Waals surface area (Å²) >= 11 is 0. The third-order valence-corrected chi connectivity index (χ3v) is 3.36. The van der Waals surface area contributed by atoms with E-state index in [1.165, 1.54) is 0 Å². The molecule has 96 valence electrons. The van der Waals surface area contributed by atoms with Gasteiger partial charge in [0.2, 0.25) is 0 Å². The summed E-state index contributed by atoms with van der Waals surface area (Å²) in [5.74, 6) is 0.731. The first-order valence-electron chi connectivity index (χ1n) is 6.26. The third kappa shape index (κ3) is 1.53. The minimum Gasteiger partial charge on any atom is -0.398 e. The number of imidazole rings is 1. The van der Waals surface area contributed by atoms with E-state index in [9.17, 15) is 0 Å². The van der Waals surface area contributed by atoms with E-state index in [1.807, 2.05) is 30.3 Å². The fourth-order valence-corrected chi connectivity index (χ4v) is 2.33. The minimum absolute atomic E-state index is 0.663. The Hall–Kier alpha value is -2.95. The Kier molecular flexibility index (Phi) is 2.20. The molecule has 4 aromatic rings. The molecule has 0 aliphatic carbocycles. The van der Waals surface area contributed by atoms with Crippen LogP contribution in [0.3, 0.4) is 0 Å². The fraction of sp³-hybridized carbons (Fsp3) is 0. The number of hydrogen-bond donors (Lipinski definition) is 2. The highest BCUT2D eigenvalue weighted by atomic mass is 14.9.